The van der Waals surface area contributed by atoms with Gasteiger partial charge in [-0.1, -0.05) is 0 Å². The Kier molecular flexibility index (Phi) is 11.7. The van der Waals surface area contributed by atoms with Gasteiger partial charge in [-0.3, -0.25) is 0 Å². The molecule has 0 aromatic carbocycles. The van der Waals surface area contributed by atoms with Gasteiger partial charge >= 0.3 is 0 Å². The Labute approximate surface area is 163 Å². The van der Waals surface area contributed by atoms with E-state index >= 15 is 0 Å². The van der Waals surface area contributed by atoms with Gasteiger partial charge in [-0.2, -0.15) is 21.8 Å². The van der Waals surface area contributed by atoms with Gasteiger partial charge in [0.05, 0.1) is 0 Å². The Morgan fingerprint density at radius 1 is 1.38 bits per heavy atom. The maximum absolute atomic E-state index is 9.00. The fourth-order valence-electron chi connectivity index (χ4n) is 1.98. The highest BCUT2D eigenvalue weighted by atomic mass is 35.5. The second kappa shape index (κ2) is 11.9. The summed E-state index contributed by atoms with van der Waals surface area (Å²) in [5.41, 5.74) is 1.40. The summed E-state index contributed by atoms with van der Waals surface area (Å²) in [5, 5.41) is 18.6. The third kappa shape index (κ3) is 7.58. The van der Waals surface area contributed by atoms with Gasteiger partial charge in [0.2, 0.25) is 5.95 Å². The molecule has 0 saturated heterocycles. The molecule has 2 heterocycles. The highest BCUT2D eigenvalue weighted by molar-refractivity contribution is 7.98. The van der Waals surface area contributed by atoms with Crippen LogP contribution in [0, 0.1) is 0 Å². The Morgan fingerprint density at radius 3 is 2.75 bits per heavy atom. The van der Waals surface area contributed by atoms with Crippen molar-refractivity contribution in [1.82, 2.24) is 19.7 Å². The van der Waals surface area contributed by atoms with E-state index in [-0.39, 0.29) is 31.4 Å². The van der Waals surface area contributed by atoms with Crippen molar-refractivity contribution in [1.29, 1.82) is 0 Å². The topological polar surface area (TPSA) is 66.2 Å². The molecule has 0 amide bonds. The number of rotatable bonds is 9. The SMILES string of the molecule is CN(C)Cc1cc(CSCCNc2nc(CO)nn2C)cs1.Cl.Cl. The first-order valence-electron chi connectivity index (χ1n) is 7.12. The molecule has 0 saturated carbocycles. The number of halogens is 2. The Balaban J connectivity index is 0.00000264. The fraction of sp³-hybridized carbons (Fsp3) is 0.571. The van der Waals surface area contributed by atoms with Crippen molar-refractivity contribution in [3.63, 3.8) is 0 Å². The molecule has 2 aromatic rings. The summed E-state index contributed by atoms with van der Waals surface area (Å²) < 4.78 is 1.66. The number of thiophene rings is 1. The van der Waals surface area contributed by atoms with E-state index in [0.717, 1.165) is 24.6 Å². The number of aliphatic hydroxyl groups excluding tert-OH is 1. The lowest BCUT2D eigenvalue weighted by atomic mass is 10.3. The molecule has 138 valence electrons. The van der Waals surface area contributed by atoms with Crippen LogP contribution in [0.5, 0.6) is 0 Å². The average Bonchev–Trinajstić information content (AvgIpc) is 3.05. The van der Waals surface area contributed by atoms with Gasteiger partial charge in [0.1, 0.15) is 6.61 Å². The number of aromatic nitrogens is 3. The van der Waals surface area contributed by atoms with Crippen LogP contribution in [-0.2, 0) is 26.0 Å². The quantitative estimate of drug-likeness (QED) is 0.615. The zero-order chi connectivity index (χ0) is 15.9. The zero-order valence-electron chi connectivity index (χ0n) is 14.1. The second-order valence-electron chi connectivity index (χ2n) is 5.27. The van der Waals surface area contributed by atoms with Gasteiger partial charge < -0.3 is 15.3 Å². The summed E-state index contributed by atoms with van der Waals surface area (Å²) in [6.07, 6.45) is 0. The number of aliphatic hydroxyl groups is 1. The van der Waals surface area contributed by atoms with Crippen molar-refractivity contribution >= 4 is 53.9 Å². The van der Waals surface area contributed by atoms with Crippen LogP contribution in [0.4, 0.5) is 5.95 Å². The molecular weight excluding hydrogens is 389 g/mol. The number of thioether (sulfide) groups is 1. The lowest BCUT2D eigenvalue weighted by molar-refractivity contribution is 0.271. The summed E-state index contributed by atoms with van der Waals surface area (Å²) in [6.45, 7) is 1.71. The van der Waals surface area contributed by atoms with Crippen molar-refractivity contribution in [2.24, 2.45) is 7.05 Å². The smallest absolute Gasteiger partial charge is 0.221 e. The van der Waals surface area contributed by atoms with E-state index in [9.17, 15) is 0 Å². The summed E-state index contributed by atoms with van der Waals surface area (Å²) in [6, 6.07) is 2.29. The first-order valence-corrected chi connectivity index (χ1v) is 9.15. The normalized spacial score (nSPS) is 10.4. The number of nitrogens with zero attached hydrogens (tertiary/aromatic N) is 4. The second-order valence-corrected chi connectivity index (χ2v) is 7.37. The van der Waals surface area contributed by atoms with Gasteiger partial charge in [-0.15, -0.1) is 36.2 Å². The molecule has 2 rings (SSSR count). The fourth-order valence-corrected chi connectivity index (χ4v) is 3.88. The van der Waals surface area contributed by atoms with Gasteiger partial charge in [-0.25, -0.2) is 4.68 Å². The molecule has 0 unspecified atom stereocenters. The zero-order valence-corrected chi connectivity index (χ0v) is 17.3. The Hall–Kier alpha value is -0.510. The third-order valence-electron chi connectivity index (χ3n) is 2.93. The van der Waals surface area contributed by atoms with Crippen LogP contribution in [0.2, 0.25) is 0 Å². The monoisotopic (exact) mass is 413 g/mol. The van der Waals surface area contributed by atoms with E-state index in [0.29, 0.717) is 11.8 Å². The molecule has 24 heavy (non-hydrogen) atoms. The Bertz CT molecular complexity index is 591. The van der Waals surface area contributed by atoms with Crippen molar-refractivity contribution in [2.75, 3.05) is 31.7 Å². The number of hydrogen-bond donors (Lipinski definition) is 2. The van der Waals surface area contributed by atoms with Crippen LogP contribution in [0.3, 0.4) is 0 Å². The van der Waals surface area contributed by atoms with Crippen molar-refractivity contribution in [3.05, 3.63) is 27.7 Å². The van der Waals surface area contributed by atoms with Gasteiger partial charge in [0.15, 0.2) is 5.82 Å². The summed E-state index contributed by atoms with van der Waals surface area (Å²) in [5.74, 6) is 3.18. The first-order chi connectivity index (χ1) is 10.6. The van der Waals surface area contributed by atoms with E-state index in [1.807, 2.05) is 30.1 Å². The van der Waals surface area contributed by atoms with Crippen LogP contribution in [0.25, 0.3) is 0 Å². The van der Waals surface area contributed by atoms with Gasteiger partial charge in [-0.05, 0) is 31.1 Å². The molecule has 0 spiro atoms. The molecule has 0 fully saturated rings. The standard InChI is InChI=1S/C14H23N5OS2.2ClH/c1-18(2)7-12-6-11(10-22-12)9-21-5-4-15-14-16-13(8-20)17-19(14)3;;/h6,10,20H,4-5,7-9H2,1-3H3,(H,15,16,17);2*1H. The van der Waals surface area contributed by atoms with E-state index in [1.165, 1.54) is 10.4 Å². The van der Waals surface area contributed by atoms with Crippen LogP contribution < -0.4 is 5.32 Å². The molecule has 2 aromatic heterocycles. The summed E-state index contributed by atoms with van der Waals surface area (Å²) in [4.78, 5) is 7.79. The molecular formula is C14H25Cl2N5OS2. The van der Waals surface area contributed by atoms with Crippen LogP contribution in [-0.4, -0.2) is 51.2 Å². The number of aryl methyl sites for hydroxylation is 1. The minimum Gasteiger partial charge on any atom is -0.388 e. The molecule has 0 aliphatic rings. The van der Waals surface area contributed by atoms with Crippen molar-refractivity contribution in [2.45, 2.75) is 18.9 Å². The summed E-state index contributed by atoms with van der Waals surface area (Å²) >= 11 is 3.73. The van der Waals surface area contributed by atoms with Crippen molar-refractivity contribution in [3.8, 4) is 0 Å². The third-order valence-corrected chi connectivity index (χ3v) is 4.93. The molecule has 2 N–H and O–H groups in total. The van der Waals surface area contributed by atoms with E-state index < -0.39 is 0 Å². The summed E-state index contributed by atoms with van der Waals surface area (Å²) in [7, 11) is 6.00. The molecule has 0 aliphatic heterocycles. The predicted octanol–water partition coefficient (Wildman–Crippen LogP) is 2.62. The van der Waals surface area contributed by atoms with E-state index in [1.54, 1.807) is 4.68 Å². The largest absolute Gasteiger partial charge is 0.388 e. The lowest BCUT2D eigenvalue weighted by Gasteiger charge is -2.06. The van der Waals surface area contributed by atoms with Crippen LogP contribution >= 0.6 is 47.9 Å². The molecule has 10 heteroatoms. The Morgan fingerprint density at radius 2 is 2.12 bits per heavy atom. The number of nitrogens with one attached hydrogen (secondary N) is 1. The minimum absolute atomic E-state index is 0. The minimum atomic E-state index is -0.127. The maximum atomic E-state index is 9.00. The molecule has 0 bridgehead atoms. The lowest BCUT2D eigenvalue weighted by Crippen LogP contribution is -2.09. The molecule has 0 atom stereocenters. The number of hydrogen-bond acceptors (Lipinski definition) is 7. The van der Waals surface area contributed by atoms with Gasteiger partial charge in [0.25, 0.3) is 0 Å². The molecule has 0 radical (unpaired) electrons. The van der Waals surface area contributed by atoms with E-state index in [4.69, 9.17) is 5.11 Å². The first kappa shape index (κ1) is 23.5. The van der Waals surface area contributed by atoms with Crippen LogP contribution in [0.1, 0.15) is 16.3 Å². The van der Waals surface area contributed by atoms with Gasteiger partial charge in [0, 0.05) is 36.5 Å². The maximum Gasteiger partial charge on any atom is 0.221 e. The highest BCUT2D eigenvalue weighted by Crippen LogP contribution is 2.20. The number of anilines is 1. The van der Waals surface area contributed by atoms with Crippen molar-refractivity contribution < 1.29 is 5.11 Å². The average molecular weight is 414 g/mol. The molecule has 0 aliphatic carbocycles. The predicted molar refractivity (Wildman–Crippen MR) is 108 cm³/mol. The van der Waals surface area contributed by atoms with E-state index in [2.05, 4.69) is 45.8 Å². The highest BCUT2D eigenvalue weighted by Gasteiger charge is 2.05. The van der Waals surface area contributed by atoms with Crippen LogP contribution in [0.15, 0.2) is 11.4 Å². The molecule has 6 nitrogen and oxygen atoms in total.